The molecule has 1 aliphatic rings. The fraction of sp³-hybridized carbons (Fsp3) is 0.240. The van der Waals surface area contributed by atoms with E-state index in [1.54, 1.807) is 0 Å². The molecule has 2 aromatic carbocycles. The van der Waals surface area contributed by atoms with Crippen LogP contribution in [0, 0.1) is 0 Å². The zero-order chi connectivity index (χ0) is 22.8. The van der Waals surface area contributed by atoms with Crippen LogP contribution in [0.15, 0.2) is 71.7 Å². The molecule has 0 spiro atoms. The number of likely N-dealkylation sites (N-methyl/N-ethyl adjacent to an activating group) is 1. The van der Waals surface area contributed by atoms with Crippen molar-refractivity contribution >= 4 is 17.2 Å². The first kappa shape index (κ1) is 21.0. The Kier molecular flexibility index (Phi) is 5.66. The molecule has 4 aromatic rings. The standard InChI is InChI=1S/C25H26N6O2/c1-29-11-13-30(14-12-29)22-10-6-5-9-19(22)16-26-25(33)20-17-27-31-23(32)15-21(28-24(20)31)18-7-3-2-4-8-18/h2-10,15,17,27H,11-14,16H2,1H3,(H,26,33). The Labute approximate surface area is 191 Å². The summed E-state index contributed by atoms with van der Waals surface area (Å²) in [7, 11) is 2.13. The molecule has 2 aromatic heterocycles. The lowest BCUT2D eigenvalue weighted by Crippen LogP contribution is -2.45. The molecule has 0 radical (unpaired) electrons. The number of carbonyl (C=O) groups is 1. The van der Waals surface area contributed by atoms with Gasteiger partial charge in [0.1, 0.15) is 5.56 Å². The molecule has 3 heterocycles. The summed E-state index contributed by atoms with van der Waals surface area (Å²) in [5.41, 5.74) is 3.95. The van der Waals surface area contributed by atoms with E-state index in [0.717, 1.165) is 43.0 Å². The third kappa shape index (κ3) is 4.25. The number of fused-ring (bicyclic) bond motifs is 1. The van der Waals surface area contributed by atoms with Crippen LogP contribution >= 0.6 is 0 Å². The molecule has 5 rings (SSSR count). The topological polar surface area (TPSA) is 85.7 Å². The number of aromatic nitrogens is 3. The highest BCUT2D eigenvalue weighted by molar-refractivity contribution is 5.99. The zero-order valence-corrected chi connectivity index (χ0v) is 18.5. The number of para-hydroxylation sites is 1. The first-order valence-corrected chi connectivity index (χ1v) is 11.1. The van der Waals surface area contributed by atoms with Crippen molar-refractivity contribution in [3.05, 3.63) is 88.3 Å². The monoisotopic (exact) mass is 442 g/mol. The number of benzene rings is 2. The number of H-pyrrole nitrogens is 1. The lowest BCUT2D eigenvalue weighted by atomic mass is 10.1. The van der Waals surface area contributed by atoms with Crippen molar-refractivity contribution in [3.8, 4) is 11.3 Å². The molecular weight excluding hydrogens is 416 g/mol. The van der Waals surface area contributed by atoms with Crippen molar-refractivity contribution in [1.29, 1.82) is 0 Å². The van der Waals surface area contributed by atoms with Crippen LogP contribution in [0.25, 0.3) is 16.9 Å². The SMILES string of the molecule is CN1CCN(c2ccccc2CNC(=O)c2c[nH]n3c(=O)cc(-c4ccccc4)nc23)CC1. The van der Waals surface area contributed by atoms with Crippen LogP contribution in [-0.4, -0.2) is 58.6 Å². The fourth-order valence-corrected chi connectivity index (χ4v) is 4.19. The number of hydrogen-bond donors (Lipinski definition) is 2. The van der Waals surface area contributed by atoms with E-state index in [4.69, 9.17) is 0 Å². The number of piperazine rings is 1. The molecule has 0 atom stereocenters. The van der Waals surface area contributed by atoms with Crippen molar-refractivity contribution in [2.45, 2.75) is 6.54 Å². The summed E-state index contributed by atoms with van der Waals surface area (Å²) < 4.78 is 1.29. The molecule has 168 valence electrons. The smallest absolute Gasteiger partial charge is 0.273 e. The van der Waals surface area contributed by atoms with Crippen molar-refractivity contribution < 1.29 is 4.79 Å². The van der Waals surface area contributed by atoms with E-state index in [1.807, 2.05) is 48.5 Å². The Hall–Kier alpha value is -3.91. The average Bonchev–Trinajstić information content (AvgIpc) is 3.29. The second-order valence-electron chi connectivity index (χ2n) is 8.29. The molecule has 8 nitrogen and oxygen atoms in total. The number of nitrogens with zero attached hydrogens (tertiary/aromatic N) is 4. The second-order valence-corrected chi connectivity index (χ2v) is 8.29. The van der Waals surface area contributed by atoms with Crippen molar-refractivity contribution in [2.75, 3.05) is 38.1 Å². The first-order chi connectivity index (χ1) is 16.1. The molecule has 0 aliphatic carbocycles. The van der Waals surface area contributed by atoms with E-state index < -0.39 is 0 Å². The van der Waals surface area contributed by atoms with Crippen LogP contribution in [0.3, 0.4) is 0 Å². The van der Waals surface area contributed by atoms with E-state index in [0.29, 0.717) is 23.4 Å². The lowest BCUT2D eigenvalue weighted by molar-refractivity contribution is 0.0952. The molecule has 33 heavy (non-hydrogen) atoms. The van der Waals surface area contributed by atoms with Gasteiger partial charge in [-0.25, -0.2) is 9.50 Å². The molecule has 1 fully saturated rings. The van der Waals surface area contributed by atoms with Gasteiger partial charge in [0.05, 0.1) is 5.69 Å². The van der Waals surface area contributed by atoms with E-state index in [-0.39, 0.29) is 11.5 Å². The highest BCUT2D eigenvalue weighted by Gasteiger charge is 2.19. The largest absolute Gasteiger partial charge is 0.369 e. The third-order valence-corrected chi connectivity index (χ3v) is 6.09. The fourth-order valence-electron chi connectivity index (χ4n) is 4.19. The maximum Gasteiger partial charge on any atom is 0.273 e. The van der Waals surface area contributed by atoms with E-state index in [2.05, 4.69) is 38.3 Å². The molecule has 0 saturated carbocycles. The number of nitrogens with one attached hydrogen (secondary N) is 2. The Morgan fingerprint density at radius 3 is 2.55 bits per heavy atom. The van der Waals surface area contributed by atoms with Crippen LogP contribution in [0.1, 0.15) is 15.9 Å². The Bertz CT molecular complexity index is 1340. The molecule has 8 heteroatoms. The maximum absolute atomic E-state index is 13.1. The first-order valence-electron chi connectivity index (χ1n) is 11.1. The van der Waals surface area contributed by atoms with Crippen molar-refractivity contribution in [3.63, 3.8) is 0 Å². The highest BCUT2D eigenvalue weighted by Crippen LogP contribution is 2.22. The second kappa shape index (κ2) is 8.91. The molecule has 1 aliphatic heterocycles. The molecule has 0 unspecified atom stereocenters. The van der Waals surface area contributed by atoms with Gasteiger partial charge in [0.25, 0.3) is 11.5 Å². The van der Waals surface area contributed by atoms with Crippen LogP contribution < -0.4 is 15.8 Å². The van der Waals surface area contributed by atoms with Gasteiger partial charge in [-0.1, -0.05) is 48.5 Å². The quantitative estimate of drug-likeness (QED) is 0.496. The molecule has 1 saturated heterocycles. The molecule has 0 bridgehead atoms. The van der Waals surface area contributed by atoms with Gasteiger partial charge in [-0.05, 0) is 18.7 Å². The zero-order valence-electron chi connectivity index (χ0n) is 18.5. The summed E-state index contributed by atoms with van der Waals surface area (Å²) in [6.45, 7) is 4.33. The van der Waals surface area contributed by atoms with E-state index in [9.17, 15) is 9.59 Å². The Morgan fingerprint density at radius 1 is 1.03 bits per heavy atom. The normalized spacial score (nSPS) is 14.5. The minimum atomic E-state index is -0.279. The van der Waals surface area contributed by atoms with Gasteiger partial charge in [0, 0.05) is 56.2 Å². The van der Waals surface area contributed by atoms with E-state index in [1.165, 1.54) is 16.8 Å². The predicted octanol–water partition coefficient (Wildman–Crippen LogP) is 2.37. The highest BCUT2D eigenvalue weighted by atomic mass is 16.2. The van der Waals surface area contributed by atoms with Crippen LogP contribution in [0.5, 0.6) is 0 Å². The van der Waals surface area contributed by atoms with Gasteiger partial charge in [0.2, 0.25) is 0 Å². The van der Waals surface area contributed by atoms with Crippen molar-refractivity contribution in [1.82, 2.24) is 24.8 Å². The predicted molar refractivity (Wildman–Crippen MR) is 129 cm³/mol. The molecule has 2 N–H and O–H groups in total. The van der Waals surface area contributed by atoms with Crippen molar-refractivity contribution in [2.24, 2.45) is 0 Å². The van der Waals surface area contributed by atoms with Gasteiger partial charge < -0.3 is 15.1 Å². The van der Waals surface area contributed by atoms with Crippen LogP contribution in [-0.2, 0) is 6.54 Å². The van der Waals surface area contributed by atoms with E-state index >= 15 is 0 Å². The molecule has 1 amide bonds. The lowest BCUT2D eigenvalue weighted by Gasteiger charge is -2.35. The number of amides is 1. The Balaban J connectivity index is 1.39. The summed E-state index contributed by atoms with van der Waals surface area (Å²) in [5, 5.41) is 5.86. The number of rotatable bonds is 5. The molecular formula is C25H26N6O2. The summed E-state index contributed by atoms with van der Waals surface area (Å²) in [4.78, 5) is 34.9. The van der Waals surface area contributed by atoms with Gasteiger partial charge in [0.15, 0.2) is 5.65 Å². The van der Waals surface area contributed by atoms with Gasteiger partial charge in [-0.2, -0.15) is 0 Å². The number of hydrogen-bond acceptors (Lipinski definition) is 5. The summed E-state index contributed by atoms with van der Waals surface area (Å²) in [6.07, 6.45) is 1.53. The maximum atomic E-state index is 13.1. The number of carbonyl (C=O) groups excluding carboxylic acids is 1. The third-order valence-electron chi connectivity index (χ3n) is 6.09. The minimum Gasteiger partial charge on any atom is -0.369 e. The van der Waals surface area contributed by atoms with Gasteiger partial charge in [-0.3, -0.25) is 14.7 Å². The van der Waals surface area contributed by atoms with Gasteiger partial charge >= 0.3 is 0 Å². The van der Waals surface area contributed by atoms with Gasteiger partial charge in [-0.15, -0.1) is 0 Å². The number of aromatic amines is 1. The number of anilines is 1. The summed E-state index contributed by atoms with van der Waals surface area (Å²) in [5.74, 6) is -0.279. The van der Waals surface area contributed by atoms with Crippen LogP contribution in [0.4, 0.5) is 5.69 Å². The average molecular weight is 443 g/mol. The van der Waals surface area contributed by atoms with Crippen LogP contribution in [0.2, 0.25) is 0 Å². The summed E-state index contributed by atoms with van der Waals surface area (Å²) >= 11 is 0. The Morgan fingerprint density at radius 2 is 1.76 bits per heavy atom. The summed E-state index contributed by atoms with van der Waals surface area (Å²) in [6, 6.07) is 19.1. The minimum absolute atomic E-state index is 0.265.